The molecule has 28 heavy (non-hydrogen) atoms. The fraction of sp³-hybridized carbons (Fsp3) is 0.0952. The maximum absolute atomic E-state index is 12.6. The van der Waals surface area contributed by atoms with Crippen molar-refractivity contribution < 1.29 is 9.59 Å². The monoisotopic (exact) mass is 455 g/mol. The van der Waals surface area contributed by atoms with Gasteiger partial charge in [0.25, 0.3) is 11.8 Å². The SMILES string of the molecule is Cc1ccc(Sc2ncccc2C(=O)NNC(=O)c2ccccc2Br)cc1C. The number of rotatable bonds is 4. The van der Waals surface area contributed by atoms with Crippen LogP contribution in [0.2, 0.25) is 0 Å². The van der Waals surface area contributed by atoms with E-state index >= 15 is 0 Å². The van der Waals surface area contributed by atoms with Crippen molar-refractivity contribution in [3.63, 3.8) is 0 Å². The molecule has 0 saturated carbocycles. The van der Waals surface area contributed by atoms with Crippen LogP contribution in [0.25, 0.3) is 0 Å². The summed E-state index contributed by atoms with van der Waals surface area (Å²) in [5, 5.41) is 0.568. The third-order valence-electron chi connectivity index (χ3n) is 4.12. The minimum Gasteiger partial charge on any atom is -0.267 e. The quantitative estimate of drug-likeness (QED) is 0.559. The van der Waals surface area contributed by atoms with Gasteiger partial charge in [0.2, 0.25) is 0 Å². The lowest BCUT2D eigenvalue weighted by atomic mass is 10.1. The molecule has 2 aromatic carbocycles. The van der Waals surface area contributed by atoms with Gasteiger partial charge >= 0.3 is 0 Å². The maximum Gasteiger partial charge on any atom is 0.272 e. The van der Waals surface area contributed by atoms with E-state index in [4.69, 9.17) is 0 Å². The Morgan fingerprint density at radius 1 is 0.893 bits per heavy atom. The predicted octanol–water partition coefficient (Wildman–Crippen LogP) is 4.69. The molecule has 2 N–H and O–H groups in total. The third kappa shape index (κ3) is 4.79. The van der Waals surface area contributed by atoms with Gasteiger partial charge < -0.3 is 0 Å². The molecule has 0 radical (unpaired) electrons. The number of hydrazine groups is 1. The summed E-state index contributed by atoms with van der Waals surface area (Å²) in [7, 11) is 0. The Bertz CT molecular complexity index is 1040. The highest BCUT2D eigenvalue weighted by atomic mass is 79.9. The summed E-state index contributed by atoms with van der Waals surface area (Å²) in [6.07, 6.45) is 1.64. The molecule has 3 aromatic rings. The van der Waals surface area contributed by atoms with E-state index in [2.05, 4.69) is 44.8 Å². The molecule has 142 valence electrons. The van der Waals surface area contributed by atoms with E-state index in [-0.39, 0.29) is 0 Å². The Morgan fingerprint density at radius 2 is 1.57 bits per heavy atom. The Labute approximate surface area is 176 Å². The molecular formula is C21H18BrN3O2S. The maximum atomic E-state index is 12.6. The van der Waals surface area contributed by atoms with E-state index in [0.29, 0.717) is 20.6 Å². The first-order valence-electron chi connectivity index (χ1n) is 8.51. The largest absolute Gasteiger partial charge is 0.272 e. The lowest BCUT2D eigenvalue weighted by Gasteiger charge is -2.11. The minimum atomic E-state index is -0.431. The number of hydrogen-bond acceptors (Lipinski definition) is 4. The van der Waals surface area contributed by atoms with Crippen molar-refractivity contribution in [2.24, 2.45) is 0 Å². The number of amides is 2. The zero-order valence-electron chi connectivity index (χ0n) is 15.3. The van der Waals surface area contributed by atoms with Crippen LogP contribution in [0.1, 0.15) is 31.8 Å². The average Bonchev–Trinajstić information content (AvgIpc) is 2.69. The smallest absolute Gasteiger partial charge is 0.267 e. The summed E-state index contributed by atoms with van der Waals surface area (Å²) in [5.74, 6) is -0.840. The summed E-state index contributed by atoms with van der Waals surface area (Å²) >= 11 is 4.73. The highest BCUT2D eigenvalue weighted by Gasteiger charge is 2.16. The Balaban J connectivity index is 1.73. The van der Waals surface area contributed by atoms with E-state index in [1.807, 2.05) is 25.1 Å². The second-order valence-corrected chi connectivity index (χ2v) is 8.01. The summed E-state index contributed by atoms with van der Waals surface area (Å²) in [6.45, 7) is 4.10. The van der Waals surface area contributed by atoms with Crippen LogP contribution in [0, 0.1) is 13.8 Å². The summed E-state index contributed by atoms with van der Waals surface area (Å²) in [4.78, 5) is 30.2. The molecular weight excluding hydrogens is 438 g/mol. The third-order valence-corrected chi connectivity index (χ3v) is 5.82. The van der Waals surface area contributed by atoms with Crippen molar-refractivity contribution in [1.29, 1.82) is 0 Å². The van der Waals surface area contributed by atoms with E-state index in [1.165, 1.54) is 22.9 Å². The van der Waals surface area contributed by atoms with Gasteiger partial charge in [0.1, 0.15) is 5.03 Å². The van der Waals surface area contributed by atoms with Crippen LogP contribution < -0.4 is 10.9 Å². The van der Waals surface area contributed by atoms with Crippen molar-refractivity contribution in [3.8, 4) is 0 Å². The number of aryl methyl sites for hydroxylation is 2. The Morgan fingerprint density at radius 3 is 2.29 bits per heavy atom. The average molecular weight is 456 g/mol. The first-order valence-corrected chi connectivity index (χ1v) is 10.1. The molecule has 1 heterocycles. The highest BCUT2D eigenvalue weighted by molar-refractivity contribution is 9.10. The number of nitrogens with zero attached hydrogens (tertiary/aromatic N) is 1. The topological polar surface area (TPSA) is 71.1 Å². The van der Waals surface area contributed by atoms with Crippen molar-refractivity contribution in [2.45, 2.75) is 23.8 Å². The molecule has 3 rings (SSSR count). The second-order valence-electron chi connectivity index (χ2n) is 6.09. The van der Waals surface area contributed by atoms with E-state index in [1.54, 1.807) is 36.5 Å². The number of aromatic nitrogens is 1. The van der Waals surface area contributed by atoms with Crippen LogP contribution in [-0.2, 0) is 0 Å². The van der Waals surface area contributed by atoms with Gasteiger partial charge in [0.05, 0.1) is 11.1 Å². The van der Waals surface area contributed by atoms with E-state index in [0.717, 1.165) is 4.90 Å². The number of benzene rings is 2. The number of halogens is 1. The number of pyridine rings is 1. The lowest BCUT2D eigenvalue weighted by molar-refractivity contribution is 0.0844. The van der Waals surface area contributed by atoms with Gasteiger partial charge in [-0.15, -0.1) is 0 Å². The molecule has 7 heteroatoms. The Hall–Kier alpha value is -2.64. The zero-order chi connectivity index (χ0) is 20.1. The minimum absolute atomic E-state index is 0.387. The molecule has 0 unspecified atom stereocenters. The highest BCUT2D eigenvalue weighted by Crippen LogP contribution is 2.29. The summed E-state index contributed by atoms with van der Waals surface area (Å²) in [5.41, 5.74) is 8.10. The zero-order valence-corrected chi connectivity index (χ0v) is 17.7. The van der Waals surface area contributed by atoms with Crippen LogP contribution >= 0.6 is 27.7 Å². The predicted molar refractivity (Wildman–Crippen MR) is 113 cm³/mol. The van der Waals surface area contributed by atoms with Gasteiger partial charge in [0, 0.05) is 15.6 Å². The fourth-order valence-corrected chi connectivity index (χ4v) is 3.87. The van der Waals surface area contributed by atoms with Gasteiger partial charge in [-0.2, -0.15) is 0 Å². The molecule has 0 bridgehead atoms. The first-order chi connectivity index (χ1) is 13.5. The standard InChI is InChI=1S/C21H18BrN3O2S/c1-13-9-10-15(12-14(13)2)28-21-17(7-5-11-23-21)20(27)25-24-19(26)16-6-3-4-8-18(16)22/h3-12H,1-2H3,(H,24,26)(H,25,27). The van der Waals surface area contributed by atoms with Gasteiger partial charge in [-0.3, -0.25) is 20.4 Å². The molecule has 0 aliphatic heterocycles. The van der Waals surface area contributed by atoms with Crippen LogP contribution in [0.15, 0.2) is 75.2 Å². The number of carbonyl (C=O) groups excluding carboxylic acids is 2. The van der Waals surface area contributed by atoms with Gasteiger partial charge in [-0.25, -0.2) is 4.98 Å². The summed E-state index contributed by atoms with van der Waals surface area (Å²) in [6, 6.07) is 16.5. The second kappa shape index (κ2) is 9.03. The number of nitrogens with one attached hydrogen (secondary N) is 2. The number of hydrogen-bond donors (Lipinski definition) is 2. The molecule has 5 nitrogen and oxygen atoms in total. The molecule has 0 aliphatic rings. The molecule has 0 saturated heterocycles. The van der Waals surface area contributed by atoms with E-state index < -0.39 is 11.8 Å². The van der Waals surface area contributed by atoms with Crippen LogP contribution in [0.5, 0.6) is 0 Å². The molecule has 0 fully saturated rings. The molecule has 0 spiro atoms. The van der Waals surface area contributed by atoms with Crippen molar-refractivity contribution in [2.75, 3.05) is 0 Å². The molecule has 2 amide bonds. The molecule has 0 aliphatic carbocycles. The Kier molecular flexibility index (Phi) is 6.49. The summed E-state index contributed by atoms with van der Waals surface area (Å²) < 4.78 is 0.647. The van der Waals surface area contributed by atoms with Gasteiger partial charge in [0.15, 0.2) is 0 Å². The van der Waals surface area contributed by atoms with Gasteiger partial charge in [-0.1, -0.05) is 30.0 Å². The van der Waals surface area contributed by atoms with Crippen molar-refractivity contribution in [1.82, 2.24) is 15.8 Å². The van der Waals surface area contributed by atoms with E-state index in [9.17, 15) is 9.59 Å². The van der Waals surface area contributed by atoms with Gasteiger partial charge in [-0.05, 0) is 77.3 Å². The number of carbonyl (C=O) groups is 2. The molecule has 0 atom stereocenters. The fourth-order valence-electron chi connectivity index (χ4n) is 2.43. The molecule has 1 aromatic heterocycles. The van der Waals surface area contributed by atoms with Crippen molar-refractivity contribution in [3.05, 3.63) is 87.5 Å². The van der Waals surface area contributed by atoms with Crippen LogP contribution in [0.3, 0.4) is 0 Å². The first kappa shape index (κ1) is 20.1. The van der Waals surface area contributed by atoms with Crippen molar-refractivity contribution >= 4 is 39.5 Å². The van der Waals surface area contributed by atoms with Crippen LogP contribution in [-0.4, -0.2) is 16.8 Å². The lowest BCUT2D eigenvalue weighted by Crippen LogP contribution is -2.42. The normalized spacial score (nSPS) is 10.4. The van der Waals surface area contributed by atoms with Crippen LogP contribution in [0.4, 0.5) is 0 Å².